The summed E-state index contributed by atoms with van der Waals surface area (Å²) in [5.41, 5.74) is 0.802. The first-order valence-electron chi connectivity index (χ1n) is 6.81. The molecular weight excluding hydrogens is 256 g/mol. The minimum Gasteiger partial charge on any atom is -0.481 e. The smallest absolute Gasteiger partial charge is 0.314 e. The van der Waals surface area contributed by atoms with Crippen LogP contribution in [0.5, 0.6) is 0 Å². The first kappa shape index (κ1) is 14.5. The maximum atomic E-state index is 11.7. The van der Waals surface area contributed by atoms with E-state index in [1.165, 1.54) is 0 Å². The van der Waals surface area contributed by atoms with Crippen LogP contribution in [0.15, 0.2) is 24.3 Å². The van der Waals surface area contributed by atoms with Crippen molar-refractivity contribution in [3.63, 3.8) is 0 Å². The van der Waals surface area contributed by atoms with Crippen molar-refractivity contribution in [2.45, 2.75) is 38.1 Å². The van der Waals surface area contributed by atoms with Gasteiger partial charge in [-0.15, -0.1) is 0 Å². The molecule has 0 atom stereocenters. The number of rotatable bonds is 6. The number of carbonyl (C=O) groups excluding carboxylic acids is 1. The Labute approximate surface area is 118 Å². The number of hydrogen-bond acceptors (Lipinski definition) is 3. The zero-order valence-corrected chi connectivity index (χ0v) is 11.8. The molecule has 0 radical (unpaired) electrons. The lowest BCUT2D eigenvalue weighted by molar-refractivity contribution is -0.140. The molecule has 0 unspecified atom stereocenters. The SMILES string of the molecule is CC(C)NCC(=O)Nc1ccc(C2(C(=O)O)CC2)cc1. The zero-order chi connectivity index (χ0) is 14.8. The van der Waals surface area contributed by atoms with Gasteiger partial charge in [0.15, 0.2) is 0 Å². The van der Waals surface area contributed by atoms with Gasteiger partial charge >= 0.3 is 5.97 Å². The van der Waals surface area contributed by atoms with Crippen molar-refractivity contribution in [3.05, 3.63) is 29.8 Å². The van der Waals surface area contributed by atoms with E-state index in [0.717, 1.165) is 5.56 Å². The molecule has 1 aliphatic carbocycles. The van der Waals surface area contributed by atoms with Crippen LogP contribution in [0.2, 0.25) is 0 Å². The number of benzene rings is 1. The zero-order valence-electron chi connectivity index (χ0n) is 11.8. The summed E-state index contributed by atoms with van der Waals surface area (Å²) in [5, 5.41) is 15.0. The molecule has 1 aromatic carbocycles. The number of aliphatic carboxylic acids is 1. The Kier molecular flexibility index (Phi) is 4.09. The summed E-state index contributed by atoms with van der Waals surface area (Å²) in [6.07, 6.45) is 1.37. The van der Waals surface area contributed by atoms with E-state index in [9.17, 15) is 14.7 Å². The Morgan fingerprint density at radius 2 is 1.85 bits per heavy atom. The van der Waals surface area contributed by atoms with E-state index in [1.807, 2.05) is 13.8 Å². The Balaban J connectivity index is 1.95. The van der Waals surface area contributed by atoms with E-state index in [1.54, 1.807) is 24.3 Å². The highest BCUT2D eigenvalue weighted by Crippen LogP contribution is 2.48. The van der Waals surface area contributed by atoms with Crippen LogP contribution in [0.4, 0.5) is 5.69 Å². The number of nitrogens with one attached hydrogen (secondary N) is 2. The van der Waals surface area contributed by atoms with Gasteiger partial charge in [0.2, 0.25) is 5.91 Å². The first-order valence-corrected chi connectivity index (χ1v) is 6.81. The van der Waals surface area contributed by atoms with E-state index in [-0.39, 0.29) is 18.5 Å². The van der Waals surface area contributed by atoms with Crippen LogP contribution < -0.4 is 10.6 Å². The van der Waals surface area contributed by atoms with Gasteiger partial charge in [-0.25, -0.2) is 0 Å². The summed E-state index contributed by atoms with van der Waals surface area (Å²) in [6.45, 7) is 4.21. The molecule has 0 aliphatic heterocycles. The molecule has 3 N–H and O–H groups in total. The summed E-state index contributed by atoms with van der Waals surface area (Å²) in [6, 6.07) is 7.34. The number of hydrogen-bond donors (Lipinski definition) is 3. The Morgan fingerprint density at radius 1 is 1.25 bits per heavy atom. The van der Waals surface area contributed by atoms with Crippen molar-refractivity contribution in [1.82, 2.24) is 5.32 Å². The van der Waals surface area contributed by atoms with Crippen LogP contribution in [0, 0.1) is 0 Å². The lowest BCUT2D eigenvalue weighted by Crippen LogP contribution is -2.32. The normalized spacial score (nSPS) is 15.9. The molecule has 20 heavy (non-hydrogen) atoms. The number of carboxylic acids is 1. The fourth-order valence-corrected chi connectivity index (χ4v) is 2.13. The van der Waals surface area contributed by atoms with E-state index in [2.05, 4.69) is 10.6 Å². The minimum atomic E-state index is -0.768. The largest absolute Gasteiger partial charge is 0.481 e. The van der Waals surface area contributed by atoms with Crippen molar-refractivity contribution in [1.29, 1.82) is 0 Å². The predicted molar refractivity (Wildman–Crippen MR) is 76.8 cm³/mol. The lowest BCUT2D eigenvalue weighted by atomic mass is 9.96. The predicted octanol–water partition coefficient (Wildman–Crippen LogP) is 1.74. The highest BCUT2D eigenvalue weighted by Gasteiger charge is 2.51. The van der Waals surface area contributed by atoms with Gasteiger partial charge in [0, 0.05) is 11.7 Å². The molecule has 1 saturated carbocycles. The van der Waals surface area contributed by atoms with Gasteiger partial charge in [0.25, 0.3) is 0 Å². The lowest BCUT2D eigenvalue weighted by Gasteiger charge is -2.12. The molecule has 2 rings (SSSR count). The molecule has 5 heteroatoms. The van der Waals surface area contributed by atoms with Crippen molar-refractivity contribution in [2.75, 3.05) is 11.9 Å². The average molecular weight is 276 g/mol. The third kappa shape index (κ3) is 3.17. The number of carbonyl (C=O) groups is 2. The van der Waals surface area contributed by atoms with Crippen LogP contribution in [0.3, 0.4) is 0 Å². The van der Waals surface area contributed by atoms with Crippen LogP contribution in [0.1, 0.15) is 32.3 Å². The topological polar surface area (TPSA) is 78.4 Å². The highest BCUT2D eigenvalue weighted by atomic mass is 16.4. The first-order chi connectivity index (χ1) is 9.44. The summed E-state index contributed by atoms with van der Waals surface area (Å²) >= 11 is 0. The van der Waals surface area contributed by atoms with Gasteiger partial charge in [0.1, 0.15) is 0 Å². The van der Waals surface area contributed by atoms with Gasteiger partial charge in [-0.05, 0) is 30.5 Å². The van der Waals surface area contributed by atoms with Crippen molar-refractivity contribution in [2.24, 2.45) is 0 Å². The number of anilines is 1. The molecule has 1 aromatic rings. The van der Waals surface area contributed by atoms with E-state index in [4.69, 9.17) is 0 Å². The second-order valence-corrected chi connectivity index (χ2v) is 5.55. The molecule has 0 bridgehead atoms. The summed E-state index contributed by atoms with van der Waals surface area (Å²) in [5.74, 6) is -0.874. The molecule has 1 aliphatic rings. The Hall–Kier alpha value is -1.88. The standard InChI is InChI=1S/C15H20N2O3/c1-10(2)16-9-13(18)17-12-5-3-11(4-6-12)15(7-8-15)14(19)20/h3-6,10,16H,7-9H2,1-2H3,(H,17,18)(H,19,20). The van der Waals surface area contributed by atoms with Gasteiger partial charge in [0.05, 0.1) is 12.0 Å². The summed E-state index contributed by atoms with van der Waals surface area (Å²) in [4.78, 5) is 22.9. The van der Waals surface area contributed by atoms with Gasteiger partial charge in [-0.2, -0.15) is 0 Å². The van der Waals surface area contributed by atoms with Crippen LogP contribution in [-0.2, 0) is 15.0 Å². The fraction of sp³-hybridized carbons (Fsp3) is 0.467. The summed E-state index contributed by atoms with van der Waals surface area (Å²) in [7, 11) is 0. The van der Waals surface area contributed by atoms with Crippen molar-refractivity contribution < 1.29 is 14.7 Å². The third-order valence-electron chi connectivity index (χ3n) is 3.55. The molecule has 0 saturated heterocycles. The molecule has 5 nitrogen and oxygen atoms in total. The van der Waals surface area contributed by atoms with Gasteiger partial charge in [-0.1, -0.05) is 26.0 Å². The molecule has 108 valence electrons. The van der Waals surface area contributed by atoms with Crippen molar-refractivity contribution >= 4 is 17.6 Å². The quantitative estimate of drug-likeness (QED) is 0.739. The molecule has 1 fully saturated rings. The number of carboxylic acid groups (broad SMARTS) is 1. The number of amides is 1. The summed E-state index contributed by atoms with van der Waals surface area (Å²) < 4.78 is 0. The third-order valence-corrected chi connectivity index (χ3v) is 3.55. The molecule has 0 heterocycles. The monoisotopic (exact) mass is 276 g/mol. The maximum absolute atomic E-state index is 11.7. The second kappa shape index (κ2) is 5.63. The Morgan fingerprint density at radius 3 is 2.30 bits per heavy atom. The Bertz CT molecular complexity index is 504. The van der Waals surface area contributed by atoms with E-state index < -0.39 is 11.4 Å². The molecule has 1 amide bonds. The van der Waals surface area contributed by atoms with Gasteiger partial charge < -0.3 is 15.7 Å². The van der Waals surface area contributed by atoms with E-state index in [0.29, 0.717) is 18.5 Å². The van der Waals surface area contributed by atoms with Crippen LogP contribution in [0.25, 0.3) is 0 Å². The van der Waals surface area contributed by atoms with Crippen LogP contribution >= 0.6 is 0 Å². The highest BCUT2D eigenvalue weighted by molar-refractivity contribution is 5.92. The average Bonchev–Trinajstić information content (AvgIpc) is 3.19. The van der Waals surface area contributed by atoms with Crippen molar-refractivity contribution in [3.8, 4) is 0 Å². The molecule has 0 aromatic heterocycles. The molecular formula is C15H20N2O3. The minimum absolute atomic E-state index is 0.106. The van der Waals surface area contributed by atoms with E-state index >= 15 is 0 Å². The molecule has 0 spiro atoms. The second-order valence-electron chi connectivity index (χ2n) is 5.55. The van der Waals surface area contributed by atoms with Gasteiger partial charge in [-0.3, -0.25) is 9.59 Å². The van der Waals surface area contributed by atoms with Crippen LogP contribution in [-0.4, -0.2) is 29.6 Å². The maximum Gasteiger partial charge on any atom is 0.314 e. The fourth-order valence-electron chi connectivity index (χ4n) is 2.13.